The van der Waals surface area contributed by atoms with Crippen LogP contribution in [-0.2, 0) is 0 Å². The number of aromatic nitrogens is 4. The van der Waals surface area contributed by atoms with Gasteiger partial charge in [0.05, 0.1) is 5.69 Å². The van der Waals surface area contributed by atoms with Crippen molar-refractivity contribution in [3.63, 3.8) is 0 Å². The van der Waals surface area contributed by atoms with Crippen molar-refractivity contribution in [2.75, 3.05) is 11.9 Å². The van der Waals surface area contributed by atoms with Gasteiger partial charge in [-0.05, 0) is 33.2 Å². The lowest BCUT2D eigenvalue weighted by Gasteiger charge is -2.12. The summed E-state index contributed by atoms with van der Waals surface area (Å²) in [5.74, 6) is 2.35. The number of nitrogens with zero attached hydrogens (tertiary/aromatic N) is 3. The quantitative estimate of drug-likeness (QED) is 0.784. The first-order chi connectivity index (χ1) is 9.20. The van der Waals surface area contributed by atoms with Crippen molar-refractivity contribution in [3.05, 3.63) is 29.3 Å². The predicted molar refractivity (Wildman–Crippen MR) is 73.4 cm³/mol. The zero-order valence-corrected chi connectivity index (χ0v) is 11.2. The molecular weight excluding hydrogens is 240 g/mol. The van der Waals surface area contributed by atoms with Gasteiger partial charge in [-0.25, -0.2) is 9.97 Å². The minimum Gasteiger partial charge on any atom is -0.323 e. The van der Waals surface area contributed by atoms with Crippen LogP contribution >= 0.6 is 0 Å². The van der Waals surface area contributed by atoms with Crippen molar-refractivity contribution >= 4 is 11.6 Å². The molecular formula is C13H18N6. The Bertz CT molecular complexity index is 570. The molecule has 2 aromatic heterocycles. The molecule has 100 valence electrons. The second-order valence-electron chi connectivity index (χ2n) is 4.94. The number of hydrogen-bond acceptors (Lipinski definition) is 5. The van der Waals surface area contributed by atoms with E-state index in [4.69, 9.17) is 0 Å². The monoisotopic (exact) mass is 258 g/mol. The summed E-state index contributed by atoms with van der Waals surface area (Å²) in [4.78, 5) is 8.93. The van der Waals surface area contributed by atoms with E-state index in [2.05, 4.69) is 30.8 Å². The van der Waals surface area contributed by atoms with Crippen LogP contribution in [0.25, 0.3) is 0 Å². The summed E-state index contributed by atoms with van der Waals surface area (Å²) in [6.45, 7) is 4.95. The first kappa shape index (κ1) is 12.1. The molecule has 1 fully saturated rings. The van der Waals surface area contributed by atoms with Crippen molar-refractivity contribution in [2.45, 2.75) is 32.7 Å². The number of H-pyrrole nitrogens is 1. The lowest BCUT2D eigenvalue weighted by Crippen LogP contribution is -2.15. The van der Waals surface area contributed by atoms with Crippen LogP contribution in [0.2, 0.25) is 0 Å². The van der Waals surface area contributed by atoms with E-state index in [0.29, 0.717) is 6.04 Å². The van der Waals surface area contributed by atoms with Crippen molar-refractivity contribution in [2.24, 2.45) is 0 Å². The lowest BCUT2D eigenvalue weighted by atomic mass is 10.1. The topological polar surface area (TPSA) is 78.5 Å². The van der Waals surface area contributed by atoms with Crippen molar-refractivity contribution < 1.29 is 0 Å². The Labute approximate surface area is 112 Å². The summed E-state index contributed by atoms with van der Waals surface area (Å²) in [7, 11) is 0. The Balaban J connectivity index is 1.84. The van der Waals surface area contributed by atoms with E-state index in [1.165, 1.54) is 6.42 Å². The van der Waals surface area contributed by atoms with Crippen LogP contribution in [0.4, 0.5) is 11.6 Å². The van der Waals surface area contributed by atoms with Gasteiger partial charge in [0, 0.05) is 23.9 Å². The van der Waals surface area contributed by atoms with E-state index in [1.807, 2.05) is 26.0 Å². The average molecular weight is 258 g/mol. The first-order valence-corrected chi connectivity index (χ1v) is 6.59. The Morgan fingerprint density at radius 1 is 1.21 bits per heavy atom. The van der Waals surface area contributed by atoms with Crippen LogP contribution in [0.1, 0.15) is 36.1 Å². The molecule has 1 unspecified atom stereocenters. The average Bonchev–Trinajstić information content (AvgIpc) is 3.00. The molecule has 0 spiro atoms. The van der Waals surface area contributed by atoms with Crippen molar-refractivity contribution in [1.29, 1.82) is 0 Å². The van der Waals surface area contributed by atoms with Gasteiger partial charge in [0.15, 0.2) is 5.82 Å². The summed E-state index contributed by atoms with van der Waals surface area (Å²) < 4.78 is 0. The van der Waals surface area contributed by atoms with E-state index in [1.54, 1.807) is 0 Å². The first-order valence-electron chi connectivity index (χ1n) is 6.59. The number of anilines is 2. The summed E-state index contributed by atoms with van der Waals surface area (Å²) in [6, 6.07) is 4.30. The van der Waals surface area contributed by atoms with E-state index < -0.39 is 0 Å². The van der Waals surface area contributed by atoms with Gasteiger partial charge >= 0.3 is 0 Å². The molecule has 0 bridgehead atoms. The standard InChI is InChI=1S/C13H18N6/c1-8-6-13(19-18-8)17-12-7-11(15-9(2)16-12)10-4-3-5-14-10/h6-7,10,14H,3-5H2,1-2H3,(H2,15,16,17,18,19). The Kier molecular flexibility index (Phi) is 3.16. The molecule has 1 aliphatic heterocycles. The highest BCUT2D eigenvalue weighted by atomic mass is 15.2. The van der Waals surface area contributed by atoms with Crippen molar-refractivity contribution in [3.8, 4) is 0 Å². The maximum atomic E-state index is 4.52. The van der Waals surface area contributed by atoms with Gasteiger partial charge in [-0.15, -0.1) is 0 Å². The van der Waals surface area contributed by atoms with Crippen LogP contribution in [-0.4, -0.2) is 26.7 Å². The fraction of sp³-hybridized carbons (Fsp3) is 0.462. The second-order valence-corrected chi connectivity index (χ2v) is 4.94. The highest BCUT2D eigenvalue weighted by molar-refractivity contribution is 5.52. The van der Waals surface area contributed by atoms with Gasteiger partial charge in [0.2, 0.25) is 0 Å². The summed E-state index contributed by atoms with van der Waals surface area (Å²) >= 11 is 0. The van der Waals surface area contributed by atoms with Gasteiger partial charge in [0.1, 0.15) is 11.6 Å². The highest BCUT2D eigenvalue weighted by Crippen LogP contribution is 2.24. The zero-order valence-electron chi connectivity index (χ0n) is 11.2. The third-order valence-electron chi connectivity index (χ3n) is 3.24. The molecule has 0 saturated carbocycles. The van der Waals surface area contributed by atoms with E-state index >= 15 is 0 Å². The Hall–Kier alpha value is -1.95. The predicted octanol–water partition coefficient (Wildman–Crippen LogP) is 1.98. The number of aryl methyl sites for hydroxylation is 2. The van der Waals surface area contributed by atoms with Gasteiger partial charge in [0.25, 0.3) is 0 Å². The summed E-state index contributed by atoms with van der Waals surface area (Å²) in [5, 5.41) is 13.7. The molecule has 3 rings (SSSR count). The van der Waals surface area contributed by atoms with Gasteiger partial charge in [-0.3, -0.25) is 5.10 Å². The molecule has 0 aromatic carbocycles. The molecule has 6 heteroatoms. The largest absolute Gasteiger partial charge is 0.323 e. The van der Waals surface area contributed by atoms with Crippen LogP contribution in [0.5, 0.6) is 0 Å². The molecule has 1 saturated heterocycles. The fourth-order valence-corrected chi connectivity index (χ4v) is 2.38. The normalized spacial score (nSPS) is 18.7. The Morgan fingerprint density at radius 2 is 2.11 bits per heavy atom. The molecule has 3 heterocycles. The molecule has 6 nitrogen and oxygen atoms in total. The second kappa shape index (κ2) is 4.97. The number of aromatic amines is 1. The molecule has 0 radical (unpaired) electrons. The maximum Gasteiger partial charge on any atom is 0.153 e. The van der Waals surface area contributed by atoms with Crippen LogP contribution in [0.3, 0.4) is 0 Å². The molecule has 19 heavy (non-hydrogen) atoms. The third-order valence-corrected chi connectivity index (χ3v) is 3.24. The van der Waals surface area contributed by atoms with Crippen LogP contribution in [0.15, 0.2) is 12.1 Å². The molecule has 0 amide bonds. The molecule has 3 N–H and O–H groups in total. The highest BCUT2D eigenvalue weighted by Gasteiger charge is 2.18. The minimum atomic E-state index is 0.350. The number of hydrogen-bond donors (Lipinski definition) is 3. The molecule has 0 aliphatic carbocycles. The molecule has 2 aromatic rings. The fourth-order valence-electron chi connectivity index (χ4n) is 2.38. The van der Waals surface area contributed by atoms with Crippen LogP contribution in [0, 0.1) is 13.8 Å². The van der Waals surface area contributed by atoms with E-state index in [9.17, 15) is 0 Å². The summed E-state index contributed by atoms with van der Waals surface area (Å²) in [6.07, 6.45) is 2.34. The minimum absolute atomic E-state index is 0.350. The summed E-state index contributed by atoms with van der Waals surface area (Å²) in [5.41, 5.74) is 2.07. The van der Waals surface area contributed by atoms with E-state index in [0.717, 1.165) is 41.8 Å². The Morgan fingerprint density at radius 3 is 2.79 bits per heavy atom. The molecule has 1 atom stereocenters. The molecule has 1 aliphatic rings. The van der Waals surface area contributed by atoms with Gasteiger partial charge < -0.3 is 10.6 Å². The third kappa shape index (κ3) is 2.73. The lowest BCUT2D eigenvalue weighted by molar-refractivity contribution is 0.623. The number of rotatable bonds is 3. The van der Waals surface area contributed by atoms with Crippen LogP contribution < -0.4 is 10.6 Å². The SMILES string of the molecule is Cc1nc(Nc2cc(C)[nH]n2)cc(C2CCCN2)n1. The van der Waals surface area contributed by atoms with Gasteiger partial charge in [-0.1, -0.05) is 0 Å². The smallest absolute Gasteiger partial charge is 0.153 e. The van der Waals surface area contributed by atoms with E-state index in [-0.39, 0.29) is 0 Å². The maximum absolute atomic E-state index is 4.52. The number of nitrogens with one attached hydrogen (secondary N) is 3. The van der Waals surface area contributed by atoms with Gasteiger partial charge in [-0.2, -0.15) is 5.10 Å². The zero-order chi connectivity index (χ0) is 13.2. The van der Waals surface area contributed by atoms with Crippen molar-refractivity contribution in [1.82, 2.24) is 25.5 Å².